The molecular formula is C12H22N2O2. The second kappa shape index (κ2) is 4.24. The largest absolute Gasteiger partial charge is 0.450 e. The van der Waals surface area contributed by atoms with E-state index in [4.69, 9.17) is 4.74 Å². The van der Waals surface area contributed by atoms with Gasteiger partial charge in [-0.2, -0.15) is 0 Å². The lowest BCUT2D eigenvalue weighted by Crippen LogP contribution is -2.58. The summed E-state index contributed by atoms with van der Waals surface area (Å²) in [7, 11) is 0. The number of hydrogen-bond acceptors (Lipinski definition) is 3. The predicted octanol–water partition coefficient (Wildman–Crippen LogP) is 1.70. The first-order chi connectivity index (χ1) is 7.59. The van der Waals surface area contributed by atoms with Crippen LogP contribution in [0.4, 0.5) is 4.79 Å². The second-order valence-electron chi connectivity index (χ2n) is 5.13. The third-order valence-corrected chi connectivity index (χ3v) is 3.68. The minimum absolute atomic E-state index is 0.141. The van der Waals surface area contributed by atoms with Crippen molar-refractivity contribution < 1.29 is 9.53 Å². The molecule has 0 radical (unpaired) electrons. The Kier molecular flexibility index (Phi) is 3.10. The number of nitrogens with zero attached hydrogens (tertiary/aromatic N) is 2. The number of amides is 1. The van der Waals surface area contributed by atoms with Crippen LogP contribution in [-0.2, 0) is 4.74 Å². The molecule has 0 bridgehead atoms. The van der Waals surface area contributed by atoms with Crippen LogP contribution in [0.5, 0.6) is 0 Å². The molecule has 1 spiro atoms. The van der Waals surface area contributed by atoms with Crippen molar-refractivity contribution in [3.8, 4) is 0 Å². The maximum Gasteiger partial charge on any atom is 0.409 e. The minimum Gasteiger partial charge on any atom is -0.450 e. The smallest absolute Gasteiger partial charge is 0.409 e. The monoisotopic (exact) mass is 226 g/mol. The number of hydrogen-bond donors (Lipinski definition) is 0. The van der Waals surface area contributed by atoms with E-state index in [9.17, 15) is 4.79 Å². The molecule has 0 unspecified atom stereocenters. The zero-order valence-electron chi connectivity index (χ0n) is 10.5. The highest BCUT2D eigenvalue weighted by Gasteiger charge is 2.52. The Hall–Kier alpha value is -0.770. The zero-order valence-corrected chi connectivity index (χ0v) is 10.5. The molecule has 1 saturated carbocycles. The average Bonchev–Trinajstić information content (AvgIpc) is 2.98. The molecule has 1 amide bonds. The molecule has 1 heterocycles. The molecule has 0 aromatic rings. The van der Waals surface area contributed by atoms with Crippen molar-refractivity contribution in [3.05, 3.63) is 0 Å². The van der Waals surface area contributed by atoms with Crippen molar-refractivity contribution in [2.24, 2.45) is 0 Å². The van der Waals surface area contributed by atoms with E-state index in [-0.39, 0.29) is 11.6 Å². The quantitative estimate of drug-likeness (QED) is 0.718. The van der Waals surface area contributed by atoms with E-state index in [1.54, 1.807) is 0 Å². The number of carbonyl (C=O) groups excluding carboxylic acids is 1. The Bertz CT molecular complexity index is 274. The number of ether oxygens (including phenoxy) is 1. The van der Waals surface area contributed by atoms with E-state index in [1.165, 1.54) is 12.8 Å². The van der Waals surface area contributed by atoms with Crippen LogP contribution in [-0.4, -0.2) is 53.7 Å². The first-order valence-corrected chi connectivity index (χ1v) is 6.27. The first-order valence-electron chi connectivity index (χ1n) is 6.27. The Morgan fingerprint density at radius 1 is 1.38 bits per heavy atom. The van der Waals surface area contributed by atoms with Gasteiger partial charge in [0.15, 0.2) is 0 Å². The van der Waals surface area contributed by atoms with Crippen molar-refractivity contribution in [1.82, 2.24) is 9.80 Å². The molecule has 0 atom stereocenters. The molecule has 2 aliphatic rings. The summed E-state index contributed by atoms with van der Waals surface area (Å²) in [6, 6.07) is 0.576. The fraction of sp³-hybridized carbons (Fsp3) is 0.917. The molecule has 2 fully saturated rings. The molecule has 0 N–H and O–H groups in total. The van der Waals surface area contributed by atoms with Crippen LogP contribution in [0.3, 0.4) is 0 Å². The van der Waals surface area contributed by atoms with Crippen LogP contribution in [0.1, 0.15) is 33.6 Å². The van der Waals surface area contributed by atoms with Crippen LogP contribution in [0.25, 0.3) is 0 Å². The van der Waals surface area contributed by atoms with Gasteiger partial charge in [-0.05, 0) is 33.6 Å². The highest BCUT2D eigenvalue weighted by atomic mass is 16.6. The molecule has 0 aromatic carbocycles. The highest BCUT2D eigenvalue weighted by Crippen LogP contribution is 2.45. The molecule has 4 heteroatoms. The first kappa shape index (κ1) is 11.7. The standard InChI is InChI=1S/C12H22N2O2/c1-4-16-11(15)13-7-8-14(10(2)3)12(9-13)5-6-12/h10H,4-9H2,1-3H3. The maximum absolute atomic E-state index is 11.7. The number of rotatable bonds is 2. The molecule has 1 aliphatic heterocycles. The van der Waals surface area contributed by atoms with Crippen molar-refractivity contribution in [2.45, 2.75) is 45.2 Å². The average molecular weight is 226 g/mol. The van der Waals surface area contributed by atoms with Gasteiger partial charge in [-0.15, -0.1) is 0 Å². The van der Waals surface area contributed by atoms with E-state index in [0.29, 0.717) is 12.6 Å². The van der Waals surface area contributed by atoms with Crippen molar-refractivity contribution in [2.75, 3.05) is 26.2 Å². The van der Waals surface area contributed by atoms with Crippen molar-refractivity contribution in [1.29, 1.82) is 0 Å². The van der Waals surface area contributed by atoms with Crippen LogP contribution >= 0.6 is 0 Å². The summed E-state index contributed by atoms with van der Waals surface area (Å²) in [5.41, 5.74) is 0.277. The van der Waals surface area contributed by atoms with Gasteiger partial charge in [-0.1, -0.05) is 0 Å². The fourth-order valence-electron chi connectivity index (χ4n) is 2.76. The van der Waals surface area contributed by atoms with Crippen LogP contribution in [0.2, 0.25) is 0 Å². The van der Waals surface area contributed by atoms with E-state index in [2.05, 4.69) is 18.7 Å². The molecule has 2 rings (SSSR count). The molecule has 1 aliphatic carbocycles. The fourth-order valence-corrected chi connectivity index (χ4v) is 2.76. The number of carbonyl (C=O) groups is 1. The summed E-state index contributed by atoms with van der Waals surface area (Å²) in [5, 5.41) is 0. The van der Waals surface area contributed by atoms with Gasteiger partial charge >= 0.3 is 6.09 Å². The summed E-state index contributed by atoms with van der Waals surface area (Å²) in [4.78, 5) is 16.1. The normalized spacial score (nSPS) is 23.9. The third kappa shape index (κ3) is 2.03. The Morgan fingerprint density at radius 3 is 2.56 bits per heavy atom. The van der Waals surface area contributed by atoms with Gasteiger partial charge in [-0.3, -0.25) is 4.90 Å². The zero-order chi connectivity index (χ0) is 11.8. The van der Waals surface area contributed by atoms with Gasteiger partial charge in [0.2, 0.25) is 0 Å². The summed E-state index contributed by atoms with van der Waals surface area (Å²) >= 11 is 0. The maximum atomic E-state index is 11.7. The second-order valence-corrected chi connectivity index (χ2v) is 5.13. The summed E-state index contributed by atoms with van der Waals surface area (Å²) in [6.45, 7) is 9.44. The van der Waals surface area contributed by atoms with Gasteiger partial charge < -0.3 is 9.64 Å². The van der Waals surface area contributed by atoms with E-state index in [1.807, 2.05) is 11.8 Å². The van der Waals surface area contributed by atoms with Crippen molar-refractivity contribution in [3.63, 3.8) is 0 Å². The molecule has 0 aromatic heterocycles. The van der Waals surface area contributed by atoms with Gasteiger partial charge in [0.05, 0.1) is 6.61 Å². The lowest BCUT2D eigenvalue weighted by atomic mass is 10.1. The van der Waals surface area contributed by atoms with Crippen molar-refractivity contribution >= 4 is 6.09 Å². The van der Waals surface area contributed by atoms with Gasteiger partial charge in [0, 0.05) is 31.2 Å². The van der Waals surface area contributed by atoms with Crippen LogP contribution < -0.4 is 0 Å². The molecule has 16 heavy (non-hydrogen) atoms. The Balaban J connectivity index is 1.97. The van der Waals surface area contributed by atoms with E-state index >= 15 is 0 Å². The summed E-state index contributed by atoms with van der Waals surface area (Å²) in [6.07, 6.45) is 2.31. The molecule has 1 saturated heterocycles. The highest BCUT2D eigenvalue weighted by molar-refractivity contribution is 5.68. The topological polar surface area (TPSA) is 32.8 Å². The Morgan fingerprint density at radius 2 is 2.06 bits per heavy atom. The van der Waals surface area contributed by atoms with Gasteiger partial charge in [0.25, 0.3) is 0 Å². The number of piperazine rings is 1. The Labute approximate surface area is 97.5 Å². The van der Waals surface area contributed by atoms with Crippen LogP contribution in [0.15, 0.2) is 0 Å². The lowest BCUT2D eigenvalue weighted by Gasteiger charge is -2.43. The molecule has 92 valence electrons. The van der Waals surface area contributed by atoms with Gasteiger partial charge in [0.1, 0.15) is 0 Å². The molecule has 4 nitrogen and oxygen atoms in total. The summed E-state index contributed by atoms with van der Waals surface area (Å²) in [5.74, 6) is 0. The van der Waals surface area contributed by atoms with E-state index in [0.717, 1.165) is 19.6 Å². The SMILES string of the molecule is CCOC(=O)N1CCN(C(C)C)C2(CC2)C1. The van der Waals surface area contributed by atoms with E-state index < -0.39 is 0 Å². The summed E-state index contributed by atoms with van der Waals surface area (Å²) < 4.78 is 5.07. The van der Waals surface area contributed by atoms with Gasteiger partial charge in [-0.25, -0.2) is 4.79 Å². The van der Waals surface area contributed by atoms with Crippen LogP contribution in [0, 0.1) is 0 Å². The third-order valence-electron chi connectivity index (χ3n) is 3.68. The minimum atomic E-state index is -0.141. The predicted molar refractivity (Wildman–Crippen MR) is 62.4 cm³/mol. The lowest BCUT2D eigenvalue weighted by molar-refractivity contribution is 0.0274. The molecular weight excluding hydrogens is 204 g/mol.